The molecule has 0 aliphatic rings. The fraction of sp³-hybridized carbons (Fsp3) is 0.182. The summed E-state index contributed by atoms with van der Waals surface area (Å²) in [5.41, 5.74) is 1.04. The molecule has 1 aromatic carbocycles. The molecule has 0 unspecified atom stereocenters. The summed E-state index contributed by atoms with van der Waals surface area (Å²) >= 11 is 3.03. The van der Waals surface area contributed by atoms with Gasteiger partial charge in [-0.3, -0.25) is 4.68 Å². The molecule has 1 aromatic heterocycles. The van der Waals surface area contributed by atoms with Crippen molar-refractivity contribution in [1.82, 2.24) is 9.78 Å². The van der Waals surface area contributed by atoms with Crippen LogP contribution in [-0.2, 0) is 6.54 Å². The Kier molecular flexibility index (Phi) is 3.24. The summed E-state index contributed by atoms with van der Waals surface area (Å²) in [5.74, 6) is 0.449. The first-order chi connectivity index (χ1) is 7.69. The average Bonchev–Trinajstić information content (AvgIpc) is 2.59. The zero-order valence-corrected chi connectivity index (χ0v) is 10.2. The highest BCUT2D eigenvalue weighted by molar-refractivity contribution is 9.10. The van der Waals surface area contributed by atoms with Crippen molar-refractivity contribution in [2.75, 3.05) is 7.11 Å². The standard InChI is InChI=1S/C11H10BrFN2O/c1-16-9-4-2-8(3-5-9)6-15-7-10(13)11(12)14-15/h2-5,7H,6H2,1H3. The van der Waals surface area contributed by atoms with Crippen molar-refractivity contribution in [3.8, 4) is 5.75 Å². The van der Waals surface area contributed by atoms with Crippen LogP contribution in [0.25, 0.3) is 0 Å². The fourth-order valence-corrected chi connectivity index (χ4v) is 1.68. The molecule has 2 aromatic rings. The molecule has 5 heteroatoms. The number of rotatable bonds is 3. The maximum absolute atomic E-state index is 13.0. The normalized spacial score (nSPS) is 10.4. The predicted molar refractivity (Wildman–Crippen MR) is 62.0 cm³/mol. The lowest BCUT2D eigenvalue weighted by Crippen LogP contribution is -1.99. The van der Waals surface area contributed by atoms with Gasteiger partial charge in [0, 0.05) is 0 Å². The molecule has 0 bridgehead atoms. The summed E-state index contributed by atoms with van der Waals surface area (Å²) in [6.07, 6.45) is 1.36. The number of benzene rings is 1. The van der Waals surface area contributed by atoms with Crippen LogP contribution in [0.4, 0.5) is 4.39 Å². The van der Waals surface area contributed by atoms with Crippen molar-refractivity contribution in [2.24, 2.45) is 0 Å². The summed E-state index contributed by atoms with van der Waals surface area (Å²) in [7, 11) is 1.62. The topological polar surface area (TPSA) is 27.1 Å². The van der Waals surface area contributed by atoms with Crippen molar-refractivity contribution >= 4 is 15.9 Å². The molecule has 1 heterocycles. The van der Waals surface area contributed by atoms with Crippen LogP contribution < -0.4 is 4.74 Å². The zero-order chi connectivity index (χ0) is 11.5. The number of halogens is 2. The number of aromatic nitrogens is 2. The monoisotopic (exact) mass is 284 g/mol. The number of hydrogen-bond acceptors (Lipinski definition) is 2. The molecule has 16 heavy (non-hydrogen) atoms. The minimum Gasteiger partial charge on any atom is -0.497 e. The Morgan fingerprint density at radius 1 is 1.38 bits per heavy atom. The maximum Gasteiger partial charge on any atom is 0.175 e. The van der Waals surface area contributed by atoms with E-state index < -0.39 is 0 Å². The summed E-state index contributed by atoms with van der Waals surface area (Å²) < 4.78 is 19.8. The summed E-state index contributed by atoms with van der Waals surface area (Å²) in [4.78, 5) is 0. The summed E-state index contributed by atoms with van der Waals surface area (Å²) in [6.45, 7) is 0.534. The van der Waals surface area contributed by atoms with Crippen LogP contribution >= 0.6 is 15.9 Å². The van der Waals surface area contributed by atoms with E-state index in [-0.39, 0.29) is 10.4 Å². The number of methoxy groups -OCH3 is 1. The van der Waals surface area contributed by atoms with Gasteiger partial charge in [-0.1, -0.05) is 12.1 Å². The van der Waals surface area contributed by atoms with Crippen LogP contribution in [0.2, 0.25) is 0 Å². The molecule has 0 aliphatic heterocycles. The lowest BCUT2D eigenvalue weighted by molar-refractivity contribution is 0.414. The van der Waals surface area contributed by atoms with Gasteiger partial charge in [-0.25, -0.2) is 4.39 Å². The van der Waals surface area contributed by atoms with E-state index in [1.54, 1.807) is 11.8 Å². The molecule has 2 rings (SSSR count). The van der Waals surface area contributed by atoms with Gasteiger partial charge in [0.2, 0.25) is 0 Å². The molecule has 0 aliphatic carbocycles. The van der Waals surface area contributed by atoms with Crippen LogP contribution in [0.3, 0.4) is 0 Å². The van der Waals surface area contributed by atoms with Crippen molar-refractivity contribution < 1.29 is 9.13 Å². The van der Waals surface area contributed by atoms with Crippen LogP contribution in [0.5, 0.6) is 5.75 Å². The van der Waals surface area contributed by atoms with Crippen LogP contribution in [0.15, 0.2) is 35.1 Å². The van der Waals surface area contributed by atoms with E-state index in [2.05, 4.69) is 21.0 Å². The van der Waals surface area contributed by atoms with Gasteiger partial charge in [0.1, 0.15) is 5.75 Å². The van der Waals surface area contributed by atoms with E-state index in [1.165, 1.54) is 6.20 Å². The minimum absolute atomic E-state index is 0.237. The maximum atomic E-state index is 13.0. The van der Waals surface area contributed by atoms with E-state index in [0.717, 1.165) is 11.3 Å². The Balaban J connectivity index is 2.14. The zero-order valence-electron chi connectivity index (χ0n) is 8.65. The lowest BCUT2D eigenvalue weighted by atomic mass is 10.2. The first-order valence-electron chi connectivity index (χ1n) is 4.70. The Morgan fingerprint density at radius 2 is 2.06 bits per heavy atom. The van der Waals surface area contributed by atoms with Crippen molar-refractivity contribution in [3.63, 3.8) is 0 Å². The fourth-order valence-electron chi connectivity index (χ4n) is 1.37. The molecule has 3 nitrogen and oxygen atoms in total. The van der Waals surface area contributed by atoms with Crippen LogP contribution in [0, 0.1) is 5.82 Å². The number of ether oxygens (including phenoxy) is 1. The van der Waals surface area contributed by atoms with E-state index in [1.807, 2.05) is 24.3 Å². The smallest absolute Gasteiger partial charge is 0.175 e. The SMILES string of the molecule is COc1ccc(Cn2cc(F)c(Br)n2)cc1. The third-order valence-electron chi connectivity index (χ3n) is 2.18. The molecule has 0 saturated heterocycles. The average molecular weight is 285 g/mol. The second-order valence-electron chi connectivity index (χ2n) is 3.31. The van der Waals surface area contributed by atoms with Gasteiger partial charge < -0.3 is 4.74 Å². The molecule has 0 radical (unpaired) electrons. The number of hydrogen-bond donors (Lipinski definition) is 0. The van der Waals surface area contributed by atoms with Crippen molar-refractivity contribution in [1.29, 1.82) is 0 Å². The predicted octanol–water partition coefficient (Wildman–Crippen LogP) is 2.84. The quantitative estimate of drug-likeness (QED) is 0.867. The molecule has 0 atom stereocenters. The van der Waals surface area contributed by atoms with Crippen molar-refractivity contribution in [3.05, 3.63) is 46.4 Å². The van der Waals surface area contributed by atoms with E-state index in [9.17, 15) is 4.39 Å². The van der Waals surface area contributed by atoms with Gasteiger partial charge in [0.25, 0.3) is 0 Å². The van der Waals surface area contributed by atoms with E-state index >= 15 is 0 Å². The third kappa shape index (κ3) is 2.41. The Morgan fingerprint density at radius 3 is 2.56 bits per heavy atom. The number of nitrogens with zero attached hydrogens (tertiary/aromatic N) is 2. The molecule has 0 N–H and O–H groups in total. The van der Waals surface area contributed by atoms with Gasteiger partial charge in [-0.2, -0.15) is 5.10 Å². The molecule has 0 amide bonds. The second kappa shape index (κ2) is 4.65. The summed E-state index contributed by atoms with van der Waals surface area (Å²) in [5, 5.41) is 3.98. The Bertz CT molecular complexity index is 462. The van der Waals surface area contributed by atoms with Crippen molar-refractivity contribution in [2.45, 2.75) is 6.54 Å². The third-order valence-corrected chi connectivity index (χ3v) is 2.72. The first-order valence-corrected chi connectivity index (χ1v) is 5.49. The van der Waals surface area contributed by atoms with Gasteiger partial charge in [-0.05, 0) is 33.6 Å². The highest BCUT2D eigenvalue weighted by Gasteiger charge is 2.05. The van der Waals surface area contributed by atoms with Crippen LogP contribution in [-0.4, -0.2) is 16.9 Å². The minimum atomic E-state index is -0.353. The second-order valence-corrected chi connectivity index (χ2v) is 4.06. The van der Waals surface area contributed by atoms with Gasteiger partial charge in [-0.15, -0.1) is 0 Å². The molecular formula is C11H10BrFN2O. The molecule has 0 saturated carbocycles. The molecule has 0 spiro atoms. The van der Waals surface area contributed by atoms with E-state index in [0.29, 0.717) is 6.54 Å². The van der Waals surface area contributed by atoms with E-state index in [4.69, 9.17) is 4.74 Å². The first kappa shape index (κ1) is 11.1. The highest BCUT2D eigenvalue weighted by atomic mass is 79.9. The molecule has 0 fully saturated rings. The molecular weight excluding hydrogens is 275 g/mol. The summed E-state index contributed by atoms with van der Waals surface area (Å²) in [6, 6.07) is 7.58. The lowest BCUT2D eigenvalue weighted by Gasteiger charge is -2.03. The Hall–Kier alpha value is -1.36. The molecule has 84 valence electrons. The Labute approximate surface area is 101 Å². The largest absolute Gasteiger partial charge is 0.497 e. The van der Waals surface area contributed by atoms with Gasteiger partial charge >= 0.3 is 0 Å². The van der Waals surface area contributed by atoms with Gasteiger partial charge in [0.05, 0.1) is 19.9 Å². The van der Waals surface area contributed by atoms with Crippen LogP contribution in [0.1, 0.15) is 5.56 Å². The highest BCUT2D eigenvalue weighted by Crippen LogP contribution is 2.15. The van der Waals surface area contributed by atoms with Gasteiger partial charge in [0.15, 0.2) is 10.4 Å².